The zero-order valence-corrected chi connectivity index (χ0v) is 10.1. The molecular formula is C13H15ClF2. The molecule has 0 saturated carbocycles. The Morgan fingerprint density at radius 3 is 2.19 bits per heavy atom. The molecule has 0 heterocycles. The van der Waals surface area contributed by atoms with Crippen LogP contribution in [0.15, 0.2) is 29.8 Å². The zero-order chi connectivity index (χ0) is 12.1. The number of hydrogen-bond donors (Lipinski definition) is 0. The van der Waals surface area contributed by atoms with Gasteiger partial charge in [0.2, 0.25) is 0 Å². The molecule has 0 nitrogen and oxygen atoms in total. The summed E-state index contributed by atoms with van der Waals surface area (Å²) in [5, 5.41) is 0. The minimum absolute atomic E-state index is 0.0501. The molecule has 1 rings (SSSR count). The van der Waals surface area contributed by atoms with Gasteiger partial charge in [-0.1, -0.05) is 49.8 Å². The lowest BCUT2D eigenvalue weighted by Gasteiger charge is -2.08. The molecule has 0 amide bonds. The second kappa shape index (κ2) is 6.00. The monoisotopic (exact) mass is 244 g/mol. The number of benzene rings is 1. The van der Waals surface area contributed by atoms with Gasteiger partial charge in [0.25, 0.3) is 6.43 Å². The molecule has 0 N–H and O–H groups in total. The lowest BCUT2D eigenvalue weighted by atomic mass is 10.0. The van der Waals surface area contributed by atoms with Crippen molar-refractivity contribution in [2.24, 2.45) is 5.92 Å². The Bertz CT molecular complexity index is 353. The van der Waals surface area contributed by atoms with E-state index in [-0.39, 0.29) is 5.56 Å². The van der Waals surface area contributed by atoms with Crippen LogP contribution < -0.4 is 0 Å². The highest BCUT2D eigenvalue weighted by molar-refractivity contribution is 6.19. The molecule has 88 valence electrons. The summed E-state index contributed by atoms with van der Waals surface area (Å²) < 4.78 is 24.6. The molecule has 0 aromatic heterocycles. The molecule has 0 radical (unpaired) electrons. The van der Waals surface area contributed by atoms with Crippen molar-refractivity contribution in [1.82, 2.24) is 0 Å². The smallest absolute Gasteiger partial charge is 0.205 e. The topological polar surface area (TPSA) is 0 Å². The van der Waals surface area contributed by atoms with Crippen LogP contribution in [0.2, 0.25) is 0 Å². The van der Waals surface area contributed by atoms with Gasteiger partial charge in [0.15, 0.2) is 0 Å². The molecule has 0 bridgehead atoms. The van der Waals surface area contributed by atoms with Gasteiger partial charge >= 0.3 is 0 Å². The predicted molar refractivity (Wildman–Crippen MR) is 64.9 cm³/mol. The van der Waals surface area contributed by atoms with Gasteiger partial charge in [-0.15, -0.1) is 11.6 Å². The van der Waals surface area contributed by atoms with Crippen molar-refractivity contribution in [3.05, 3.63) is 41.0 Å². The molecule has 0 unspecified atom stereocenters. The lowest BCUT2D eigenvalue weighted by Crippen LogP contribution is -1.95. The normalized spacial score (nSPS) is 12.6. The maximum atomic E-state index is 12.3. The molecule has 0 aliphatic rings. The van der Waals surface area contributed by atoms with Gasteiger partial charge in [-0.05, 0) is 11.5 Å². The first-order valence-corrected chi connectivity index (χ1v) is 5.72. The number of alkyl halides is 3. The third kappa shape index (κ3) is 3.60. The zero-order valence-electron chi connectivity index (χ0n) is 9.38. The summed E-state index contributed by atoms with van der Waals surface area (Å²) in [6, 6.07) is 6.28. The van der Waals surface area contributed by atoms with Crippen molar-refractivity contribution in [1.29, 1.82) is 0 Å². The van der Waals surface area contributed by atoms with Crippen LogP contribution in [0.25, 0.3) is 6.08 Å². The van der Waals surface area contributed by atoms with Crippen LogP contribution in [0.3, 0.4) is 0 Å². The van der Waals surface area contributed by atoms with Gasteiger partial charge in [0.05, 0.1) is 0 Å². The first kappa shape index (κ1) is 13.2. The third-order valence-electron chi connectivity index (χ3n) is 2.44. The second-order valence-electron chi connectivity index (χ2n) is 3.97. The van der Waals surface area contributed by atoms with Crippen LogP contribution >= 0.6 is 11.6 Å². The minimum atomic E-state index is -2.41. The molecule has 0 fully saturated rings. The number of hydrogen-bond acceptors (Lipinski definition) is 0. The molecule has 3 heteroatoms. The quantitative estimate of drug-likeness (QED) is 0.661. The fraction of sp³-hybridized carbons (Fsp3) is 0.385. The Labute approximate surface area is 99.9 Å². The van der Waals surface area contributed by atoms with E-state index < -0.39 is 6.43 Å². The highest BCUT2D eigenvalue weighted by Gasteiger charge is 2.06. The van der Waals surface area contributed by atoms with Gasteiger partial charge < -0.3 is 0 Å². The number of rotatable bonds is 4. The van der Waals surface area contributed by atoms with Crippen LogP contribution in [0.5, 0.6) is 0 Å². The average Bonchev–Trinajstić information content (AvgIpc) is 2.26. The van der Waals surface area contributed by atoms with Gasteiger partial charge in [0.1, 0.15) is 0 Å². The Kier molecular flexibility index (Phi) is 4.94. The number of allylic oxidation sites excluding steroid dienone is 1. The molecule has 0 atom stereocenters. The van der Waals surface area contributed by atoms with E-state index in [2.05, 4.69) is 13.8 Å². The van der Waals surface area contributed by atoms with E-state index in [0.29, 0.717) is 11.8 Å². The van der Waals surface area contributed by atoms with Crippen LogP contribution in [0, 0.1) is 5.92 Å². The molecule has 0 saturated heterocycles. The van der Waals surface area contributed by atoms with Crippen molar-refractivity contribution in [2.45, 2.75) is 20.3 Å². The largest absolute Gasteiger partial charge is 0.263 e. The van der Waals surface area contributed by atoms with E-state index >= 15 is 0 Å². The highest BCUT2D eigenvalue weighted by Crippen LogP contribution is 2.21. The maximum Gasteiger partial charge on any atom is 0.263 e. The van der Waals surface area contributed by atoms with E-state index in [1.54, 1.807) is 12.1 Å². The Hall–Kier alpha value is -0.890. The van der Waals surface area contributed by atoms with Crippen molar-refractivity contribution in [3.63, 3.8) is 0 Å². The Balaban J connectivity index is 2.89. The van der Waals surface area contributed by atoms with E-state index in [0.717, 1.165) is 11.1 Å². The molecule has 0 aliphatic heterocycles. The maximum absolute atomic E-state index is 12.3. The minimum Gasteiger partial charge on any atom is -0.205 e. The van der Waals surface area contributed by atoms with Gasteiger partial charge in [0, 0.05) is 11.4 Å². The predicted octanol–water partition coefficient (Wildman–Crippen LogP) is 4.90. The van der Waals surface area contributed by atoms with Crippen LogP contribution in [-0.4, -0.2) is 5.88 Å². The molecular weight excluding hydrogens is 230 g/mol. The fourth-order valence-corrected chi connectivity index (χ4v) is 1.70. The van der Waals surface area contributed by atoms with Gasteiger partial charge in [-0.25, -0.2) is 8.78 Å². The molecule has 0 spiro atoms. The molecule has 1 aromatic rings. The Morgan fingerprint density at radius 2 is 1.81 bits per heavy atom. The highest BCUT2D eigenvalue weighted by atomic mass is 35.5. The standard InChI is InChI=1S/C13H15ClF2/c1-9(2)12(8-14)7-10-3-5-11(6-4-10)13(15)16/h3-7,9,13H,8H2,1-2H3/b12-7+. The number of halogens is 3. The van der Waals surface area contributed by atoms with Crippen molar-refractivity contribution < 1.29 is 8.78 Å². The fourth-order valence-electron chi connectivity index (χ4n) is 1.31. The summed E-state index contributed by atoms with van der Waals surface area (Å²) in [5.41, 5.74) is 2.06. The van der Waals surface area contributed by atoms with Crippen LogP contribution in [-0.2, 0) is 0 Å². The van der Waals surface area contributed by atoms with Crippen LogP contribution in [0.1, 0.15) is 31.4 Å². The van der Waals surface area contributed by atoms with Gasteiger partial charge in [-0.3, -0.25) is 0 Å². The summed E-state index contributed by atoms with van der Waals surface area (Å²) >= 11 is 5.81. The molecule has 16 heavy (non-hydrogen) atoms. The van der Waals surface area contributed by atoms with Crippen LogP contribution in [0.4, 0.5) is 8.78 Å². The first-order valence-electron chi connectivity index (χ1n) is 5.19. The summed E-state index contributed by atoms with van der Waals surface area (Å²) in [5.74, 6) is 0.834. The van der Waals surface area contributed by atoms with Gasteiger partial charge in [-0.2, -0.15) is 0 Å². The molecule has 0 aliphatic carbocycles. The second-order valence-corrected chi connectivity index (χ2v) is 4.24. The lowest BCUT2D eigenvalue weighted by molar-refractivity contribution is 0.151. The summed E-state index contributed by atoms with van der Waals surface area (Å²) in [4.78, 5) is 0. The van der Waals surface area contributed by atoms with E-state index in [4.69, 9.17) is 11.6 Å². The first-order chi connectivity index (χ1) is 7.54. The van der Waals surface area contributed by atoms with Crippen molar-refractivity contribution in [3.8, 4) is 0 Å². The summed E-state index contributed by atoms with van der Waals surface area (Å²) in [6.07, 6.45) is -0.456. The summed E-state index contributed by atoms with van der Waals surface area (Å²) in [6.45, 7) is 4.11. The summed E-state index contributed by atoms with van der Waals surface area (Å²) in [7, 11) is 0. The SMILES string of the molecule is CC(C)/C(=C/c1ccc(C(F)F)cc1)CCl. The Morgan fingerprint density at radius 1 is 1.25 bits per heavy atom. The third-order valence-corrected chi connectivity index (χ3v) is 2.74. The van der Waals surface area contributed by atoms with E-state index in [1.165, 1.54) is 12.1 Å². The van der Waals surface area contributed by atoms with E-state index in [9.17, 15) is 8.78 Å². The van der Waals surface area contributed by atoms with E-state index in [1.807, 2.05) is 6.08 Å². The van der Waals surface area contributed by atoms with Crippen molar-refractivity contribution >= 4 is 17.7 Å². The van der Waals surface area contributed by atoms with Crippen molar-refractivity contribution in [2.75, 3.05) is 5.88 Å². The average molecular weight is 245 g/mol. The molecule has 1 aromatic carbocycles.